The predicted molar refractivity (Wildman–Crippen MR) is 82.9 cm³/mol. The van der Waals surface area contributed by atoms with Crippen molar-refractivity contribution in [1.82, 2.24) is 10.1 Å². The Kier molecular flexibility index (Phi) is 4.34. The van der Waals surface area contributed by atoms with E-state index in [1.807, 2.05) is 0 Å². The van der Waals surface area contributed by atoms with E-state index in [1.54, 1.807) is 0 Å². The molecule has 1 aromatic heterocycles. The van der Waals surface area contributed by atoms with Gasteiger partial charge in [0.2, 0.25) is 11.7 Å². The van der Waals surface area contributed by atoms with Crippen molar-refractivity contribution in [2.45, 2.75) is 57.4 Å². The highest BCUT2D eigenvalue weighted by Gasteiger charge is 2.27. The van der Waals surface area contributed by atoms with E-state index in [4.69, 9.17) is 10.3 Å². The van der Waals surface area contributed by atoms with E-state index in [0.717, 1.165) is 24.8 Å². The lowest BCUT2D eigenvalue weighted by Crippen LogP contribution is -2.27. The number of rotatable bonds is 3. The normalized spacial score (nSPS) is 23.0. The van der Waals surface area contributed by atoms with E-state index in [1.165, 1.54) is 24.8 Å². The fraction of sp³-hybridized carbons (Fsp3) is 0.529. The fourth-order valence-corrected chi connectivity index (χ4v) is 3.04. The van der Waals surface area contributed by atoms with Crippen LogP contribution in [0.3, 0.4) is 0 Å². The molecule has 1 fully saturated rings. The Morgan fingerprint density at radius 3 is 2.67 bits per heavy atom. The molecule has 1 heterocycles. The summed E-state index contributed by atoms with van der Waals surface area (Å²) in [6, 6.07) is 8.48. The molecule has 2 atom stereocenters. The zero-order valence-electron chi connectivity index (χ0n) is 12.6. The van der Waals surface area contributed by atoms with Crippen molar-refractivity contribution >= 4 is 0 Å². The van der Waals surface area contributed by atoms with Crippen molar-refractivity contribution in [3.63, 3.8) is 0 Å². The number of nitrogens with two attached hydrogens (primary N) is 1. The number of benzene rings is 1. The van der Waals surface area contributed by atoms with Gasteiger partial charge in [0.25, 0.3) is 0 Å². The second-order valence-electron chi connectivity index (χ2n) is 5.92. The molecule has 21 heavy (non-hydrogen) atoms. The SMILES string of the molecule is CCc1ccc(-c2noc(C3CCCCCC3N)n2)cc1. The molecule has 3 rings (SSSR count). The van der Waals surface area contributed by atoms with Gasteiger partial charge in [0, 0.05) is 11.6 Å². The third-order valence-corrected chi connectivity index (χ3v) is 4.45. The van der Waals surface area contributed by atoms with Gasteiger partial charge in [0.1, 0.15) is 0 Å². The molecule has 2 aromatic rings. The van der Waals surface area contributed by atoms with Gasteiger partial charge in [-0.05, 0) is 24.8 Å². The molecule has 112 valence electrons. The zero-order valence-corrected chi connectivity index (χ0v) is 12.6. The Balaban J connectivity index is 1.81. The molecule has 1 aliphatic carbocycles. The molecule has 1 aromatic carbocycles. The molecule has 0 bridgehead atoms. The summed E-state index contributed by atoms with van der Waals surface area (Å²) in [5.74, 6) is 1.59. The second kappa shape index (κ2) is 6.39. The van der Waals surface area contributed by atoms with Gasteiger partial charge in [0.05, 0.1) is 5.92 Å². The fourth-order valence-electron chi connectivity index (χ4n) is 3.04. The smallest absolute Gasteiger partial charge is 0.231 e. The van der Waals surface area contributed by atoms with Gasteiger partial charge >= 0.3 is 0 Å². The van der Waals surface area contributed by atoms with Crippen molar-refractivity contribution < 1.29 is 4.52 Å². The van der Waals surface area contributed by atoms with Crippen LogP contribution in [0.15, 0.2) is 28.8 Å². The van der Waals surface area contributed by atoms with Crippen LogP contribution in [0, 0.1) is 0 Å². The minimum atomic E-state index is 0.142. The van der Waals surface area contributed by atoms with Crippen molar-refractivity contribution in [2.24, 2.45) is 5.73 Å². The Labute approximate surface area is 125 Å². The largest absolute Gasteiger partial charge is 0.339 e. The molecule has 4 heteroatoms. The standard InChI is InChI=1S/C17H23N3O/c1-2-12-8-10-13(11-9-12)16-19-17(21-20-16)14-6-4-3-5-7-15(14)18/h8-11,14-15H,2-7,18H2,1H3. The summed E-state index contributed by atoms with van der Waals surface area (Å²) >= 11 is 0. The van der Waals surface area contributed by atoms with Gasteiger partial charge in [-0.2, -0.15) is 4.98 Å². The summed E-state index contributed by atoms with van der Waals surface area (Å²) < 4.78 is 5.50. The van der Waals surface area contributed by atoms with E-state index in [0.29, 0.717) is 11.7 Å². The molecule has 0 amide bonds. The van der Waals surface area contributed by atoms with E-state index in [2.05, 4.69) is 41.3 Å². The van der Waals surface area contributed by atoms with Gasteiger partial charge in [-0.15, -0.1) is 0 Å². The summed E-state index contributed by atoms with van der Waals surface area (Å²) in [5, 5.41) is 4.14. The average Bonchev–Trinajstić information content (AvgIpc) is 2.90. The third-order valence-electron chi connectivity index (χ3n) is 4.45. The summed E-state index contributed by atoms with van der Waals surface area (Å²) in [4.78, 5) is 4.59. The average molecular weight is 285 g/mol. The van der Waals surface area contributed by atoms with Gasteiger partial charge in [-0.3, -0.25) is 0 Å². The molecular weight excluding hydrogens is 262 g/mol. The minimum absolute atomic E-state index is 0.142. The molecule has 0 radical (unpaired) electrons. The van der Waals surface area contributed by atoms with Crippen LogP contribution in [0.4, 0.5) is 0 Å². The van der Waals surface area contributed by atoms with E-state index >= 15 is 0 Å². The lowest BCUT2D eigenvalue weighted by atomic mass is 9.95. The lowest BCUT2D eigenvalue weighted by Gasteiger charge is -2.16. The maximum Gasteiger partial charge on any atom is 0.231 e. The topological polar surface area (TPSA) is 64.9 Å². The first kappa shape index (κ1) is 14.3. The third kappa shape index (κ3) is 3.16. The van der Waals surface area contributed by atoms with Crippen LogP contribution in [0.1, 0.15) is 56.4 Å². The highest BCUT2D eigenvalue weighted by molar-refractivity contribution is 5.54. The van der Waals surface area contributed by atoms with Crippen molar-refractivity contribution in [2.75, 3.05) is 0 Å². The highest BCUT2D eigenvalue weighted by Crippen LogP contribution is 2.31. The van der Waals surface area contributed by atoms with Crippen LogP contribution in [0.5, 0.6) is 0 Å². The van der Waals surface area contributed by atoms with Gasteiger partial charge < -0.3 is 10.3 Å². The molecular formula is C17H23N3O. The van der Waals surface area contributed by atoms with E-state index in [9.17, 15) is 0 Å². The Morgan fingerprint density at radius 2 is 1.90 bits per heavy atom. The Bertz CT molecular complexity index is 576. The summed E-state index contributed by atoms with van der Waals surface area (Å²) in [6.07, 6.45) is 6.79. The second-order valence-corrected chi connectivity index (χ2v) is 5.92. The van der Waals surface area contributed by atoms with E-state index < -0.39 is 0 Å². The zero-order chi connectivity index (χ0) is 14.7. The molecule has 2 N–H and O–H groups in total. The number of aromatic nitrogens is 2. The number of hydrogen-bond donors (Lipinski definition) is 1. The first-order valence-corrected chi connectivity index (χ1v) is 7.96. The number of nitrogens with zero attached hydrogens (tertiary/aromatic N) is 2. The maximum atomic E-state index is 6.27. The highest BCUT2D eigenvalue weighted by atomic mass is 16.5. The molecule has 1 aliphatic rings. The van der Waals surface area contributed by atoms with Crippen molar-refractivity contribution in [3.8, 4) is 11.4 Å². The lowest BCUT2D eigenvalue weighted by molar-refractivity contribution is 0.326. The first-order valence-electron chi connectivity index (χ1n) is 7.96. The van der Waals surface area contributed by atoms with Crippen molar-refractivity contribution in [1.29, 1.82) is 0 Å². The van der Waals surface area contributed by atoms with Crippen LogP contribution < -0.4 is 5.73 Å². The minimum Gasteiger partial charge on any atom is -0.339 e. The molecule has 4 nitrogen and oxygen atoms in total. The molecule has 0 saturated heterocycles. The van der Waals surface area contributed by atoms with E-state index in [-0.39, 0.29) is 12.0 Å². The van der Waals surface area contributed by atoms with Crippen LogP contribution in [-0.2, 0) is 6.42 Å². The van der Waals surface area contributed by atoms with Gasteiger partial charge in [-0.25, -0.2) is 0 Å². The summed E-state index contributed by atoms with van der Waals surface area (Å²) in [5.41, 5.74) is 8.59. The van der Waals surface area contributed by atoms with Crippen LogP contribution in [0.2, 0.25) is 0 Å². The number of aryl methyl sites for hydroxylation is 1. The van der Waals surface area contributed by atoms with Crippen LogP contribution in [0.25, 0.3) is 11.4 Å². The summed E-state index contributed by atoms with van der Waals surface area (Å²) in [7, 11) is 0. The molecule has 2 unspecified atom stereocenters. The predicted octanol–water partition coefficient (Wildman–Crippen LogP) is 3.67. The first-order chi connectivity index (χ1) is 10.3. The van der Waals surface area contributed by atoms with Gasteiger partial charge in [-0.1, -0.05) is 55.6 Å². The molecule has 0 aliphatic heterocycles. The number of hydrogen-bond acceptors (Lipinski definition) is 4. The van der Waals surface area contributed by atoms with Gasteiger partial charge in [0.15, 0.2) is 0 Å². The Hall–Kier alpha value is -1.68. The van der Waals surface area contributed by atoms with Crippen LogP contribution >= 0.6 is 0 Å². The Morgan fingerprint density at radius 1 is 1.14 bits per heavy atom. The summed E-state index contributed by atoms with van der Waals surface area (Å²) in [6.45, 7) is 2.15. The quantitative estimate of drug-likeness (QED) is 0.874. The monoisotopic (exact) mass is 285 g/mol. The molecule has 1 saturated carbocycles. The molecule has 0 spiro atoms. The van der Waals surface area contributed by atoms with Crippen LogP contribution in [-0.4, -0.2) is 16.2 Å². The maximum absolute atomic E-state index is 6.27. The van der Waals surface area contributed by atoms with Crippen molar-refractivity contribution in [3.05, 3.63) is 35.7 Å².